The van der Waals surface area contributed by atoms with E-state index in [9.17, 15) is 4.79 Å². The molecule has 6 heteroatoms. The first-order chi connectivity index (χ1) is 16.3. The Morgan fingerprint density at radius 2 is 1.70 bits per heavy atom. The van der Waals surface area contributed by atoms with Gasteiger partial charge < -0.3 is 10.1 Å². The number of nitrogens with one attached hydrogen (secondary N) is 1. The molecule has 5 rings (SSSR count). The van der Waals surface area contributed by atoms with E-state index in [1.807, 2.05) is 71.4 Å². The number of carbonyl (C=O) groups excluding carboxylic acids is 1. The second-order valence-corrected chi connectivity index (χ2v) is 8.94. The molecule has 0 saturated carbocycles. The first kappa shape index (κ1) is 21.3. The third kappa shape index (κ3) is 4.26. The van der Waals surface area contributed by atoms with Gasteiger partial charge in [-0.3, -0.25) is 4.79 Å². The zero-order valence-electron chi connectivity index (χ0n) is 18.4. The minimum Gasteiger partial charge on any atom is -0.493 e. The third-order valence-corrected chi connectivity index (χ3v) is 6.79. The predicted molar refractivity (Wildman–Crippen MR) is 134 cm³/mol. The van der Waals surface area contributed by atoms with Crippen molar-refractivity contribution in [2.75, 3.05) is 17.7 Å². The Morgan fingerprint density at radius 1 is 1.00 bits per heavy atom. The Balaban J connectivity index is 1.76. The van der Waals surface area contributed by atoms with Gasteiger partial charge in [0.2, 0.25) is 5.91 Å². The van der Waals surface area contributed by atoms with Crippen LogP contribution in [0, 0.1) is 0 Å². The number of rotatable bonds is 6. The quantitative estimate of drug-likeness (QED) is 0.381. The summed E-state index contributed by atoms with van der Waals surface area (Å²) in [4.78, 5) is 12.8. The fourth-order valence-corrected chi connectivity index (χ4v) is 5.21. The molecule has 0 saturated heterocycles. The molecule has 1 amide bonds. The molecule has 0 bridgehead atoms. The van der Waals surface area contributed by atoms with Crippen LogP contribution in [0.3, 0.4) is 0 Å². The summed E-state index contributed by atoms with van der Waals surface area (Å²) in [5.74, 6) is 1.88. The third-order valence-electron chi connectivity index (χ3n) is 5.53. The molecule has 166 valence electrons. The Hall–Kier alpha value is -3.51. The summed E-state index contributed by atoms with van der Waals surface area (Å²) < 4.78 is 7.96. The van der Waals surface area contributed by atoms with Crippen LogP contribution in [-0.2, 0) is 4.79 Å². The van der Waals surface area contributed by atoms with Gasteiger partial charge in [0, 0.05) is 16.7 Å². The summed E-state index contributed by atoms with van der Waals surface area (Å²) in [6, 6.07) is 28.2. The van der Waals surface area contributed by atoms with Crippen LogP contribution in [-0.4, -0.2) is 28.0 Å². The minimum absolute atomic E-state index is 0.0348. The van der Waals surface area contributed by atoms with Gasteiger partial charge >= 0.3 is 0 Å². The summed E-state index contributed by atoms with van der Waals surface area (Å²) >= 11 is 1.61. The largest absolute Gasteiger partial charge is 0.493 e. The number of fused-ring (bicyclic) bond motifs is 1. The Kier molecular flexibility index (Phi) is 6.17. The topological polar surface area (TPSA) is 56.1 Å². The van der Waals surface area contributed by atoms with Gasteiger partial charge in [0.1, 0.15) is 11.6 Å². The lowest BCUT2D eigenvalue weighted by molar-refractivity contribution is -0.113. The summed E-state index contributed by atoms with van der Waals surface area (Å²) in [7, 11) is 0. The molecular weight excluding hydrogens is 430 g/mol. The number of nitrogens with zero attached hydrogens (tertiary/aromatic N) is 2. The molecule has 0 spiro atoms. The zero-order valence-corrected chi connectivity index (χ0v) is 19.2. The number of hydrogen-bond acceptors (Lipinski definition) is 4. The van der Waals surface area contributed by atoms with Gasteiger partial charge in [0.15, 0.2) is 0 Å². The summed E-state index contributed by atoms with van der Waals surface area (Å²) in [6.45, 7) is 2.74. The zero-order chi connectivity index (χ0) is 22.6. The van der Waals surface area contributed by atoms with E-state index in [1.165, 1.54) is 0 Å². The van der Waals surface area contributed by atoms with Crippen molar-refractivity contribution in [2.45, 2.75) is 18.6 Å². The number of carbonyl (C=O) groups is 1. The summed E-state index contributed by atoms with van der Waals surface area (Å²) in [6.07, 6.45) is 0.929. The molecule has 4 aromatic rings. The highest BCUT2D eigenvalue weighted by Crippen LogP contribution is 2.48. The van der Waals surface area contributed by atoms with E-state index in [-0.39, 0.29) is 11.2 Å². The standard InChI is InChI=1S/C27H25N3O2S/c1-2-17-32-22-16-10-9-15-21(22)26-24-25(19-11-5-3-6-12-19)29-30(20-13-7-4-8-14-20)27(24)28-23(31)18-33-26/h3-16,26H,2,17-18H2,1H3,(H,28,31)/t26-/m0/s1. The normalized spacial score (nSPS) is 15.4. The van der Waals surface area contributed by atoms with Crippen molar-refractivity contribution in [3.63, 3.8) is 0 Å². The maximum atomic E-state index is 12.8. The monoisotopic (exact) mass is 455 g/mol. The second-order valence-electron chi connectivity index (χ2n) is 7.85. The Labute approximate surface area is 197 Å². The number of aromatic nitrogens is 2. The van der Waals surface area contributed by atoms with Crippen molar-refractivity contribution in [3.8, 4) is 22.7 Å². The lowest BCUT2D eigenvalue weighted by atomic mass is 9.99. The van der Waals surface area contributed by atoms with Crippen molar-refractivity contribution in [3.05, 3.63) is 96.1 Å². The summed E-state index contributed by atoms with van der Waals surface area (Å²) in [5.41, 5.74) is 4.82. The van der Waals surface area contributed by atoms with Gasteiger partial charge in [-0.2, -0.15) is 5.10 Å². The Bertz CT molecular complexity index is 1260. The average molecular weight is 456 g/mol. The molecule has 0 unspecified atom stereocenters. The fraction of sp³-hybridized carbons (Fsp3) is 0.185. The first-order valence-corrected chi connectivity index (χ1v) is 12.2. The highest BCUT2D eigenvalue weighted by Gasteiger charge is 2.33. The van der Waals surface area contributed by atoms with E-state index in [0.29, 0.717) is 18.2 Å². The number of benzene rings is 3. The molecule has 0 aliphatic carbocycles. The summed E-state index contributed by atoms with van der Waals surface area (Å²) in [5, 5.41) is 8.05. The molecule has 1 N–H and O–H groups in total. The van der Waals surface area contributed by atoms with Gasteiger partial charge in [-0.25, -0.2) is 4.68 Å². The number of para-hydroxylation sites is 2. The van der Waals surface area contributed by atoms with E-state index < -0.39 is 0 Å². The number of thioether (sulfide) groups is 1. The molecule has 1 aliphatic rings. The van der Waals surface area contributed by atoms with Crippen molar-refractivity contribution >= 4 is 23.5 Å². The van der Waals surface area contributed by atoms with Crippen LogP contribution < -0.4 is 10.1 Å². The maximum absolute atomic E-state index is 12.8. The van der Waals surface area contributed by atoms with Crippen molar-refractivity contribution in [1.82, 2.24) is 9.78 Å². The molecule has 3 aromatic carbocycles. The molecule has 33 heavy (non-hydrogen) atoms. The average Bonchev–Trinajstić information content (AvgIpc) is 3.14. The van der Waals surface area contributed by atoms with Crippen LogP contribution in [0.25, 0.3) is 16.9 Å². The highest BCUT2D eigenvalue weighted by atomic mass is 32.2. The number of hydrogen-bond donors (Lipinski definition) is 1. The van der Waals surface area contributed by atoms with Gasteiger partial charge in [0.25, 0.3) is 0 Å². The molecule has 5 nitrogen and oxygen atoms in total. The molecular formula is C27H25N3O2S. The van der Waals surface area contributed by atoms with Gasteiger partial charge in [-0.05, 0) is 24.6 Å². The first-order valence-electron chi connectivity index (χ1n) is 11.1. The SMILES string of the molecule is CCCOc1ccccc1[C@@H]1SCC(=O)Nc2c1c(-c1ccccc1)nn2-c1ccccc1. The van der Waals surface area contributed by atoms with Gasteiger partial charge in [-0.1, -0.05) is 73.7 Å². The van der Waals surface area contributed by atoms with E-state index in [4.69, 9.17) is 9.84 Å². The number of anilines is 1. The van der Waals surface area contributed by atoms with Crippen LogP contribution in [0.2, 0.25) is 0 Å². The van der Waals surface area contributed by atoms with Crippen LogP contribution in [0.1, 0.15) is 29.7 Å². The Morgan fingerprint density at radius 3 is 2.45 bits per heavy atom. The van der Waals surface area contributed by atoms with Crippen LogP contribution in [0.4, 0.5) is 5.82 Å². The van der Waals surface area contributed by atoms with Crippen LogP contribution in [0.15, 0.2) is 84.9 Å². The van der Waals surface area contributed by atoms with Crippen molar-refractivity contribution in [2.24, 2.45) is 0 Å². The van der Waals surface area contributed by atoms with Crippen LogP contribution in [0.5, 0.6) is 5.75 Å². The minimum atomic E-state index is -0.111. The second kappa shape index (κ2) is 9.55. The van der Waals surface area contributed by atoms with E-state index >= 15 is 0 Å². The highest BCUT2D eigenvalue weighted by molar-refractivity contribution is 8.00. The fourth-order valence-electron chi connectivity index (χ4n) is 4.06. The molecule has 0 radical (unpaired) electrons. The lowest BCUT2D eigenvalue weighted by Gasteiger charge is -2.20. The number of ether oxygens (including phenoxy) is 1. The molecule has 0 fully saturated rings. The van der Waals surface area contributed by atoms with E-state index in [2.05, 4.69) is 30.4 Å². The molecule has 1 atom stereocenters. The van der Waals surface area contributed by atoms with E-state index in [0.717, 1.165) is 40.2 Å². The van der Waals surface area contributed by atoms with E-state index in [1.54, 1.807) is 11.8 Å². The molecule has 1 aliphatic heterocycles. The van der Waals surface area contributed by atoms with Crippen molar-refractivity contribution in [1.29, 1.82) is 0 Å². The predicted octanol–water partition coefficient (Wildman–Crippen LogP) is 6.10. The smallest absolute Gasteiger partial charge is 0.235 e. The van der Waals surface area contributed by atoms with Gasteiger partial charge in [-0.15, -0.1) is 11.8 Å². The molecule has 2 heterocycles. The van der Waals surface area contributed by atoms with Crippen LogP contribution >= 0.6 is 11.8 Å². The number of amides is 1. The lowest BCUT2D eigenvalue weighted by Crippen LogP contribution is -2.15. The van der Waals surface area contributed by atoms with Crippen molar-refractivity contribution < 1.29 is 9.53 Å². The van der Waals surface area contributed by atoms with Gasteiger partial charge in [0.05, 0.1) is 29.0 Å². The molecule has 1 aromatic heterocycles. The maximum Gasteiger partial charge on any atom is 0.235 e.